The monoisotopic (exact) mass is 326 g/mol. The average Bonchev–Trinajstić information content (AvgIpc) is 3.10. The molecule has 1 aliphatic heterocycles. The van der Waals surface area contributed by atoms with Crippen LogP contribution in [0.4, 0.5) is 8.78 Å². The zero-order chi connectivity index (χ0) is 16.4. The normalized spacial score (nSPS) is 23.6. The van der Waals surface area contributed by atoms with Gasteiger partial charge in [0.15, 0.2) is 0 Å². The number of hydrogen-bond donors (Lipinski definition) is 2. The minimum absolute atomic E-state index is 0.0302. The van der Waals surface area contributed by atoms with Gasteiger partial charge in [-0.1, -0.05) is 6.42 Å². The van der Waals surface area contributed by atoms with E-state index in [-0.39, 0.29) is 11.3 Å². The molecule has 2 heterocycles. The molecule has 0 aromatic carbocycles. The number of alkyl halides is 2. The molecular formula is C16H24F2N4O. The second-order valence-electron chi connectivity index (χ2n) is 6.78. The maximum absolute atomic E-state index is 13.0. The smallest absolute Gasteiger partial charge is 0.270 e. The number of piperidine rings is 1. The molecule has 2 N–H and O–H groups in total. The van der Waals surface area contributed by atoms with Gasteiger partial charge in [-0.05, 0) is 50.1 Å². The van der Waals surface area contributed by atoms with E-state index in [1.807, 2.05) is 0 Å². The number of nitrogens with one attached hydrogen (secondary N) is 2. The van der Waals surface area contributed by atoms with Crippen LogP contribution in [0.2, 0.25) is 0 Å². The summed E-state index contributed by atoms with van der Waals surface area (Å²) in [5, 5.41) is 10.1. The topological polar surface area (TPSA) is 59.0 Å². The van der Waals surface area contributed by atoms with Crippen LogP contribution in [-0.4, -0.2) is 35.3 Å². The van der Waals surface area contributed by atoms with Gasteiger partial charge in [0.05, 0.1) is 11.8 Å². The SMILES string of the molecule is Cn1ncc(C(F)F)c1C(=O)NCC1CCCC12CCNCC2. The standard InChI is InChI=1S/C16H24F2N4O/c1-22-13(12(10-21-22)14(17)18)15(23)20-9-11-3-2-4-16(11)5-7-19-8-6-16/h10-11,14,19H,2-9H2,1H3,(H,20,23). The molecule has 2 fully saturated rings. The summed E-state index contributed by atoms with van der Waals surface area (Å²) >= 11 is 0. The number of aryl methyl sites for hydroxylation is 1. The number of carbonyl (C=O) groups excluding carboxylic acids is 1. The highest BCUT2D eigenvalue weighted by atomic mass is 19.3. The minimum Gasteiger partial charge on any atom is -0.350 e. The number of aromatic nitrogens is 2. The molecule has 128 valence electrons. The summed E-state index contributed by atoms with van der Waals surface area (Å²) in [7, 11) is 1.52. The lowest BCUT2D eigenvalue weighted by Gasteiger charge is -2.39. The lowest BCUT2D eigenvalue weighted by molar-refractivity contribution is 0.0886. The van der Waals surface area contributed by atoms with E-state index in [0.29, 0.717) is 17.9 Å². The fourth-order valence-electron chi connectivity index (χ4n) is 4.30. The molecule has 5 nitrogen and oxygen atoms in total. The summed E-state index contributed by atoms with van der Waals surface area (Å²) < 4.78 is 27.2. The molecule has 1 saturated heterocycles. The third kappa shape index (κ3) is 3.11. The first-order valence-corrected chi connectivity index (χ1v) is 8.32. The van der Waals surface area contributed by atoms with Crippen LogP contribution < -0.4 is 10.6 Å². The summed E-state index contributed by atoms with van der Waals surface area (Å²) in [6, 6.07) is 0. The zero-order valence-electron chi connectivity index (χ0n) is 13.4. The van der Waals surface area contributed by atoms with E-state index < -0.39 is 12.3 Å². The molecule has 7 heteroatoms. The predicted molar refractivity (Wildman–Crippen MR) is 82.4 cm³/mol. The fraction of sp³-hybridized carbons (Fsp3) is 0.750. The Balaban J connectivity index is 1.66. The van der Waals surface area contributed by atoms with Crippen molar-refractivity contribution in [3.05, 3.63) is 17.5 Å². The Bertz CT molecular complexity index is 566. The van der Waals surface area contributed by atoms with Crippen LogP contribution in [0, 0.1) is 11.3 Å². The van der Waals surface area contributed by atoms with Gasteiger partial charge in [0, 0.05) is 13.6 Å². The Kier molecular flexibility index (Phi) is 4.66. The predicted octanol–water partition coefficient (Wildman–Crippen LogP) is 2.26. The fourth-order valence-corrected chi connectivity index (χ4v) is 4.30. The van der Waals surface area contributed by atoms with Crippen molar-refractivity contribution in [3.8, 4) is 0 Å². The average molecular weight is 326 g/mol. The second-order valence-corrected chi connectivity index (χ2v) is 6.78. The Morgan fingerprint density at radius 1 is 1.48 bits per heavy atom. The minimum atomic E-state index is -2.69. The van der Waals surface area contributed by atoms with Crippen LogP contribution >= 0.6 is 0 Å². The summed E-state index contributed by atoms with van der Waals surface area (Å²) in [4.78, 5) is 12.4. The van der Waals surface area contributed by atoms with E-state index in [4.69, 9.17) is 0 Å². The molecule has 1 unspecified atom stereocenters. The molecule has 23 heavy (non-hydrogen) atoms. The van der Waals surface area contributed by atoms with Gasteiger partial charge in [-0.2, -0.15) is 5.10 Å². The van der Waals surface area contributed by atoms with E-state index in [1.165, 1.54) is 24.6 Å². The summed E-state index contributed by atoms with van der Waals surface area (Å²) in [6.07, 6.45) is 4.17. The first-order chi connectivity index (χ1) is 11.0. The van der Waals surface area contributed by atoms with Crippen molar-refractivity contribution >= 4 is 5.91 Å². The molecule has 0 radical (unpaired) electrons. The summed E-state index contributed by atoms with van der Waals surface area (Å²) in [5.41, 5.74) is -0.0124. The molecule has 1 aromatic heterocycles. The van der Waals surface area contributed by atoms with E-state index >= 15 is 0 Å². The first kappa shape index (κ1) is 16.4. The zero-order valence-corrected chi connectivity index (χ0v) is 13.4. The maximum Gasteiger partial charge on any atom is 0.270 e. The van der Waals surface area contributed by atoms with Crippen LogP contribution in [-0.2, 0) is 7.05 Å². The largest absolute Gasteiger partial charge is 0.350 e. The molecule has 1 atom stereocenters. The molecule has 1 spiro atoms. The molecule has 1 amide bonds. The first-order valence-electron chi connectivity index (χ1n) is 8.32. The molecular weight excluding hydrogens is 302 g/mol. The van der Waals surface area contributed by atoms with Crippen molar-refractivity contribution in [2.45, 2.75) is 38.5 Å². The van der Waals surface area contributed by atoms with E-state index in [9.17, 15) is 13.6 Å². The Labute approximate surface area is 134 Å². The Morgan fingerprint density at radius 2 is 2.22 bits per heavy atom. The molecule has 1 aliphatic carbocycles. The van der Waals surface area contributed by atoms with Gasteiger partial charge < -0.3 is 10.6 Å². The Hall–Kier alpha value is -1.50. The van der Waals surface area contributed by atoms with Crippen LogP contribution in [0.1, 0.15) is 54.6 Å². The van der Waals surface area contributed by atoms with Gasteiger partial charge in [0.1, 0.15) is 5.69 Å². The third-order valence-electron chi connectivity index (χ3n) is 5.62. The molecule has 3 rings (SSSR count). The van der Waals surface area contributed by atoms with Gasteiger partial charge in [-0.25, -0.2) is 8.78 Å². The molecule has 2 aliphatic rings. The number of amides is 1. The highest BCUT2D eigenvalue weighted by Crippen LogP contribution is 2.49. The number of carbonyl (C=O) groups is 1. The maximum atomic E-state index is 13.0. The van der Waals surface area contributed by atoms with Crippen molar-refractivity contribution in [2.75, 3.05) is 19.6 Å². The number of halogens is 2. The van der Waals surface area contributed by atoms with Crippen LogP contribution in [0.5, 0.6) is 0 Å². The Morgan fingerprint density at radius 3 is 2.91 bits per heavy atom. The second kappa shape index (κ2) is 6.55. The van der Waals surface area contributed by atoms with Crippen molar-refractivity contribution in [3.63, 3.8) is 0 Å². The lowest BCUT2D eigenvalue weighted by atomic mass is 9.71. The van der Waals surface area contributed by atoms with Crippen LogP contribution in [0.25, 0.3) is 0 Å². The van der Waals surface area contributed by atoms with Gasteiger partial charge in [-0.15, -0.1) is 0 Å². The van der Waals surface area contributed by atoms with Gasteiger partial charge in [0.25, 0.3) is 12.3 Å². The van der Waals surface area contributed by atoms with Crippen LogP contribution in [0.15, 0.2) is 6.20 Å². The van der Waals surface area contributed by atoms with Crippen molar-refractivity contribution in [1.82, 2.24) is 20.4 Å². The molecule has 1 saturated carbocycles. The van der Waals surface area contributed by atoms with E-state index in [0.717, 1.165) is 38.5 Å². The highest BCUT2D eigenvalue weighted by Gasteiger charge is 2.43. The van der Waals surface area contributed by atoms with Gasteiger partial charge in [0.2, 0.25) is 0 Å². The van der Waals surface area contributed by atoms with Gasteiger partial charge in [-0.3, -0.25) is 9.48 Å². The number of hydrogen-bond acceptors (Lipinski definition) is 3. The van der Waals surface area contributed by atoms with Crippen molar-refractivity contribution in [2.24, 2.45) is 18.4 Å². The summed E-state index contributed by atoms with van der Waals surface area (Å²) in [5.74, 6) is -0.00642. The molecule has 1 aromatic rings. The number of nitrogens with zero attached hydrogens (tertiary/aromatic N) is 2. The lowest BCUT2D eigenvalue weighted by Crippen LogP contribution is -2.43. The van der Waals surface area contributed by atoms with Gasteiger partial charge >= 0.3 is 0 Å². The third-order valence-corrected chi connectivity index (χ3v) is 5.62. The van der Waals surface area contributed by atoms with E-state index in [2.05, 4.69) is 15.7 Å². The molecule has 0 bridgehead atoms. The summed E-state index contributed by atoms with van der Waals surface area (Å²) in [6.45, 7) is 2.62. The van der Waals surface area contributed by atoms with Crippen molar-refractivity contribution < 1.29 is 13.6 Å². The number of rotatable bonds is 4. The van der Waals surface area contributed by atoms with Crippen LogP contribution in [0.3, 0.4) is 0 Å². The quantitative estimate of drug-likeness (QED) is 0.892. The van der Waals surface area contributed by atoms with Crippen molar-refractivity contribution in [1.29, 1.82) is 0 Å². The highest BCUT2D eigenvalue weighted by molar-refractivity contribution is 5.94. The van der Waals surface area contributed by atoms with E-state index in [1.54, 1.807) is 0 Å².